The van der Waals surface area contributed by atoms with Gasteiger partial charge in [-0.25, -0.2) is 0 Å². The fourth-order valence-electron chi connectivity index (χ4n) is 2.31. The van der Waals surface area contributed by atoms with E-state index < -0.39 is 0 Å². The molecule has 0 saturated carbocycles. The van der Waals surface area contributed by atoms with Gasteiger partial charge < -0.3 is 10.2 Å². The molecule has 2 aromatic rings. The Morgan fingerprint density at radius 2 is 1.79 bits per heavy atom. The molecule has 0 aliphatic rings. The average molecular weight is 345 g/mol. The van der Waals surface area contributed by atoms with Gasteiger partial charge in [-0.3, -0.25) is 9.59 Å². The highest BCUT2D eigenvalue weighted by molar-refractivity contribution is 6.30. The van der Waals surface area contributed by atoms with Crippen LogP contribution in [0.25, 0.3) is 0 Å². The highest BCUT2D eigenvalue weighted by Gasteiger charge is 2.07. The Morgan fingerprint density at radius 3 is 2.42 bits per heavy atom. The first kappa shape index (κ1) is 18.0. The molecule has 24 heavy (non-hydrogen) atoms. The predicted octanol–water partition coefficient (Wildman–Crippen LogP) is 3.22. The van der Waals surface area contributed by atoms with Crippen molar-refractivity contribution in [2.75, 3.05) is 18.5 Å². The number of halogens is 1. The van der Waals surface area contributed by atoms with Gasteiger partial charge in [0.2, 0.25) is 11.8 Å². The van der Waals surface area contributed by atoms with Crippen LogP contribution in [0.1, 0.15) is 18.1 Å². The van der Waals surface area contributed by atoms with Gasteiger partial charge in [-0.2, -0.15) is 0 Å². The third-order valence-electron chi connectivity index (χ3n) is 3.79. The second-order valence-corrected chi connectivity index (χ2v) is 6.09. The maximum atomic E-state index is 12.0. The first-order valence-corrected chi connectivity index (χ1v) is 8.18. The minimum Gasteiger partial charge on any atom is -0.355 e. The molecule has 2 amide bonds. The second-order valence-electron chi connectivity index (χ2n) is 5.65. The smallest absolute Gasteiger partial charge is 0.224 e. The summed E-state index contributed by atoms with van der Waals surface area (Å²) in [5.74, 6) is -0.0498. The molecule has 4 nitrogen and oxygen atoms in total. The number of hydrogen-bond acceptors (Lipinski definition) is 2. The fraction of sp³-hybridized carbons (Fsp3) is 0.263. The molecule has 0 heterocycles. The van der Waals surface area contributed by atoms with Gasteiger partial charge in [0.25, 0.3) is 0 Å². The molecule has 0 aromatic heterocycles. The van der Waals surface area contributed by atoms with Gasteiger partial charge in [0.1, 0.15) is 0 Å². The Balaban J connectivity index is 1.81. The van der Waals surface area contributed by atoms with Gasteiger partial charge in [-0.15, -0.1) is 0 Å². The van der Waals surface area contributed by atoms with Crippen molar-refractivity contribution < 1.29 is 9.59 Å². The Bertz CT molecular complexity index is 714. The van der Waals surface area contributed by atoms with Crippen LogP contribution < -0.4 is 10.2 Å². The summed E-state index contributed by atoms with van der Waals surface area (Å²) in [6, 6.07) is 15.0. The number of nitrogens with zero attached hydrogens (tertiary/aromatic N) is 1. The molecule has 0 bridgehead atoms. The van der Waals surface area contributed by atoms with E-state index >= 15 is 0 Å². The zero-order chi connectivity index (χ0) is 17.5. The summed E-state index contributed by atoms with van der Waals surface area (Å²) in [6.07, 6.45) is 1.06. The first-order valence-electron chi connectivity index (χ1n) is 7.80. The lowest BCUT2D eigenvalue weighted by atomic mass is 10.1. The van der Waals surface area contributed by atoms with E-state index in [0.717, 1.165) is 23.2 Å². The lowest BCUT2D eigenvalue weighted by Crippen LogP contribution is -2.27. The molecule has 0 aliphatic heterocycles. The monoisotopic (exact) mass is 344 g/mol. The molecule has 2 aromatic carbocycles. The van der Waals surface area contributed by atoms with Crippen molar-refractivity contribution in [1.29, 1.82) is 0 Å². The molecule has 0 saturated heterocycles. The molecule has 0 radical (unpaired) electrons. The molecule has 0 spiro atoms. The van der Waals surface area contributed by atoms with Crippen molar-refractivity contribution in [3.8, 4) is 0 Å². The maximum Gasteiger partial charge on any atom is 0.224 e. The van der Waals surface area contributed by atoms with Gasteiger partial charge in [-0.1, -0.05) is 35.9 Å². The molecule has 2 rings (SSSR count). The molecule has 1 N–H and O–H groups in total. The van der Waals surface area contributed by atoms with Crippen LogP contribution in [0, 0.1) is 0 Å². The van der Waals surface area contributed by atoms with Gasteiger partial charge in [0.15, 0.2) is 0 Å². The predicted molar refractivity (Wildman–Crippen MR) is 97.4 cm³/mol. The van der Waals surface area contributed by atoms with Crippen LogP contribution in [-0.4, -0.2) is 25.4 Å². The molecule has 0 atom stereocenters. The molecule has 0 unspecified atom stereocenters. The van der Waals surface area contributed by atoms with E-state index in [0.29, 0.717) is 18.0 Å². The Hall–Kier alpha value is -2.33. The number of carbonyl (C=O) groups is 2. The second kappa shape index (κ2) is 8.50. The Kier molecular flexibility index (Phi) is 6.38. The van der Waals surface area contributed by atoms with Crippen LogP contribution in [0.3, 0.4) is 0 Å². The van der Waals surface area contributed by atoms with Gasteiger partial charge in [-0.05, 0) is 41.8 Å². The van der Waals surface area contributed by atoms with E-state index in [1.54, 1.807) is 11.9 Å². The van der Waals surface area contributed by atoms with Crippen molar-refractivity contribution in [2.24, 2.45) is 0 Å². The largest absolute Gasteiger partial charge is 0.355 e. The summed E-state index contributed by atoms with van der Waals surface area (Å²) in [7, 11) is 1.72. The van der Waals surface area contributed by atoms with Crippen LogP contribution >= 0.6 is 11.6 Å². The number of amides is 2. The van der Waals surface area contributed by atoms with E-state index in [9.17, 15) is 9.59 Å². The SMILES string of the molecule is CC(=O)N(C)c1ccc(CC(=O)NCCc2cccc(Cl)c2)cc1. The minimum atomic E-state index is -0.0264. The van der Waals surface area contributed by atoms with E-state index in [1.165, 1.54) is 6.92 Å². The van der Waals surface area contributed by atoms with Crippen molar-refractivity contribution in [3.63, 3.8) is 0 Å². The first-order chi connectivity index (χ1) is 11.5. The van der Waals surface area contributed by atoms with Crippen LogP contribution in [0.4, 0.5) is 5.69 Å². The topological polar surface area (TPSA) is 49.4 Å². The van der Waals surface area contributed by atoms with E-state index in [2.05, 4.69) is 5.32 Å². The molecule has 126 valence electrons. The summed E-state index contributed by atoms with van der Waals surface area (Å²) in [4.78, 5) is 24.9. The van der Waals surface area contributed by atoms with Crippen LogP contribution in [0.5, 0.6) is 0 Å². The zero-order valence-electron chi connectivity index (χ0n) is 13.9. The van der Waals surface area contributed by atoms with Crippen molar-refractivity contribution in [2.45, 2.75) is 19.8 Å². The van der Waals surface area contributed by atoms with Crippen LogP contribution in [0.2, 0.25) is 5.02 Å². The van der Waals surface area contributed by atoms with E-state index in [1.807, 2.05) is 48.5 Å². The average Bonchev–Trinajstić information content (AvgIpc) is 2.55. The highest BCUT2D eigenvalue weighted by Crippen LogP contribution is 2.14. The summed E-state index contributed by atoms with van der Waals surface area (Å²) in [5, 5.41) is 3.61. The quantitative estimate of drug-likeness (QED) is 0.874. The third kappa shape index (κ3) is 5.39. The molecular weight excluding hydrogens is 324 g/mol. The summed E-state index contributed by atoms with van der Waals surface area (Å²) < 4.78 is 0. The standard InChI is InChI=1S/C19H21ClN2O2/c1-14(23)22(2)18-8-6-16(7-9-18)13-19(24)21-11-10-15-4-3-5-17(20)12-15/h3-9,12H,10-11,13H2,1-2H3,(H,21,24). The maximum absolute atomic E-state index is 12.0. The summed E-state index contributed by atoms with van der Waals surface area (Å²) in [6.45, 7) is 2.09. The number of nitrogens with one attached hydrogen (secondary N) is 1. The van der Waals surface area contributed by atoms with E-state index in [4.69, 9.17) is 11.6 Å². The molecule has 5 heteroatoms. The normalized spacial score (nSPS) is 10.3. The number of benzene rings is 2. The third-order valence-corrected chi connectivity index (χ3v) is 4.02. The van der Waals surface area contributed by atoms with Crippen molar-refractivity contribution in [3.05, 3.63) is 64.7 Å². The van der Waals surface area contributed by atoms with E-state index in [-0.39, 0.29) is 11.8 Å². The fourth-order valence-corrected chi connectivity index (χ4v) is 2.52. The summed E-state index contributed by atoms with van der Waals surface area (Å²) >= 11 is 5.94. The number of carbonyl (C=O) groups excluding carboxylic acids is 2. The molecular formula is C19H21ClN2O2. The van der Waals surface area contributed by atoms with Crippen LogP contribution in [0.15, 0.2) is 48.5 Å². The lowest BCUT2D eigenvalue weighted by Gasteiger charge is -2.15. The van der Waals surface area contributed by atoms with Gasteiger partial charge in [0, 0.05) is 31.2 Å². The van der Waals surface area contributed by atoms with Gasteiger partial charge >= 0.3 is 0 Å². The van der Waals surface area contributed by atoms with Crippen molar-refractivity contribution >= 4 is 29.1 Å². The Labute approximate surface area is 147 Å². The number of hydrogen-bond donors (Lipinski definition) is 1. The molecule has 0 aliphatic carbocycles. The van der Waals surface area contributed by atoms with Crippen molar-refractivity contribution in [1.82, 2.24) is 5.32 Å². The lowest BCUT2D eigenvalue weighted by molar-refractivity contribution is -0.120. The number of anilines is 1. The Morgan fingerprint density at radius 1 is 1.08 bits per heavy atom. The summed E-state index contributed by atoms with van der Waals surface area (Å²) in [5.41, 5.74) is 2.82. The number of rotatable bonds is 6. The minimum absolute atomic E-state index is 0.0234. The highest BCUT2D eigenvalue weighted by atomic mass is 35.5. The zero-order valence-corrected chi connectivity index (χ0v) is 14.6. The van der Waals surface area contributed by atoms with Crippen LogP contribution in [-0.2, 0) is 22.4 Å². The van der Waals surface area contributed by atoms with Gasteiger partial charge in [0.05, 0.1) is 6.42 Å². The molecule has 0 fully saturated rings.